The Morgan fingerprint density at radius 1 is 1.32 bits per heavy atom. The molecule has 22 heavy (non-hydrogen) atoms. The summed E-state index contributed by atoms with van der Waals surface area (Å²) in [5.41, 5.74) is 4.88. The number of hydrogen-bond acceptors (Lipinski definition) is 1. The van der Waals surface area contributed by atoms with Gasteiger partial charge in [-0.05, 0) is 70.1 Å². The van der Waals surface area contributed by atoms with Crippen molar-refractivity contribution in [3.05, 3.63) is 47.6 Å². The van der Waals surface area contributed by atoms with E-state index in [1.54, 1.807) is 6.08 Å². The Labute approximate surface area is 136 Å². The van der Waals surface area contributed by atoms with E-state index in [4.69, 9.17) is 4.99 Å². The number of allylic oxidation sites excluding steroid dienone is 5. The molecule has 1 fully saturated rings. The summed E-state index contributed by atoms with van der Waals surface area (Å²) in [4.78, 5) is 5.02. The Balaban J connectivity index is 3.10. The molecule has 1 aliphatic rings. The van der Waals surface area contributed by atoms with Gasteiger partial charge in [0, 0.05) is 11.3 Å². The summed E-state index contributed by atoms with van der Waals surface area (Å²) >= 11 is 0. The molecular weight excluding hydrogens is 266 g/mol. The average Bonchev–Trinajstić information content (AvgIpc) is 3.35. The Hall–Kier alpha value is -1.81. The second kappa shape index (κ2) is 9.26. The van der Waals surface area contributed by atoms with Gasteiger partial charge in [-0.3, -0.25) is 4.99 Å². The molecule has 1 aliphatic carbocycles. The van der Waals surface area contributed by atoms with Crippen molar-refractivity contribution in [2.45, 2.75) is 59.9 Å². The smallest absolute Gasteiger partial charge is 0.0919 e. The van der Waals surface area contributed by atoms with Crippen LogP contribution in [-0.4, -0.2) is 11.8 Å². The molecule has 1 unspecified atom stereocenters. The average molecular weight is 295 g/mol. The van der Waals surface area contributed by atoms with Gasteiger partial charge in [-0.2, -0.15) is 0 Å². The Morgan fingerprint density at radius 2 is 2.00 bits per heavy atom. The first kappa shape index (κ1) is 18.2. The minimum absolute atomic E-state index is 0.160. The molecule has 0 aromatic rings. The summed E-state index contributed by atoms with van der Waals surface area (Å²) in [7, 11) is 0. The lowest BCUT2D eigenvalue weighted by Crippen LogP contribution is -2.13. The summed E-state index contributed by atoms with van der Waals surface area (Å²) in [5, 5.41) is 0. The second-order valence-electron chi connectivity index (χ2n) is 5.78. The highest BCUT2D eigenvalue weighted by Gasteiger charge is 2.25. The highest BCUT2D eigenvalue weighted by Crippen LogP contribution is 2.32. The lowest BCUT2D eigenvalue weighted by Gasteiger charge is -2.17. The van der Waals surface area contributed by atoms with E-state index in [-0.39, 0.29) is 6.04 Å². The summed E-state index contributed by atoms with van der Waals surface area (Å²) < 4.78 is 0. The van der Waals surface area contributed by atoms with E-state index in [1.165, 1.54) is 29.7 Å². The van der Waals surface area contributed by atoms with E-state index in [1.807, 2.05) is 13.0 Å². The van der Waals surface area contributed by atoms with Gasteiger partial charge in [-0.1, -0.05) is 37.7 Å². The SMILES string of the molecule is C=C/C(C#CC)=C\C=C(/C)C(N=C(C)C1CC1)C(=CC)CC. The highest BCUT2D eigenvalue weighted by atomic mass is 14.8. The van der Waals surface area contributed by atoms with Crippen molar-refractivity contribution in [2.75, 3.05) is 0 Å². The molecule has 0 aromatic carbocycles. The number of hydrogen-bond donors (Lipinski definition) is 0. The molecule has 118 valence electrons. The molecule has 0 spiro atoms. The molecule has 0 saturated heterocycles. The van der Waals surface area contributed by atoms with Crippen LogP contribution in [0.2, 0.25) is 0 Å². The van der Waals surface area contributed by atoms with Gasteiger partial charge in [0.1, 0.15) is 0 Å². The zero-order chi connectivity index (χ0) is 16.5. The first-order valence-electron chi connectivity index (χ1n) is 8.20. The van der Waals surface area contributed by atoms with Gasteiger partial charge in [0.2, 0.25) is 0 Å². The number of aliphatic imine (C=N–C) groups is 1. The van der Waals surface area contributed by atoms with Crippen LogP contribution < -0.4 is 0 Å². The van der Waals surface area contributed by atoms with Crippen LogP contribution in [0.1, 0.15) is 53.9 Å². The minimum atomic E-state index is 0.160. The van der Waals surface area contributed by atoms with Gasteiger partial charge in [0.25, 0.3) is 0 Å². The third-order valence-corrected chi connectivity index (χ3v) is 4.08. The molecule has 0 amide bonds. The topological polar surface area (TPSA) is 12.4 Å². The zero-order valence-electron chi connectivity index (χ0n) is 14.7. The third-order valence-electron chi connectivity index (χ3n) is 4.08. The summed E-state index contributed by atoms with van der Waals surface area (Å²) in [6.45, 7) is 14.3. The van der Waals surface area contributed by atoms with Gasteiger partial charge in [0.15, 0.2) is 0 Å². The molecule has 0 radical (unpaired) electrons. The Kier molecular flexibility index (Phi) is 7.67. The van der Waals surface area contributed by atoms with Gasteiger partial charge in [-0.25, -0.2) is 0 Å². The van der Waals surface area contributed by atoms with Crippen LogP contribution in [0, 0.1) is 17.8 Å². The van der Waals surface area contributed by atoms with Crippen molar-refractivity contribution in [1.82, 2.24) is 0 Å². The van der Waals surface area contributed by atoms with Gasteiger partial charge in [-0.15, -0.1) is 5.92 Å². The molecule has 1 rings (SSSR count). The quantitative estimate of drug-likeness (QED) is 0.248. The van der Waals surface area contributed by atoms with Crippen LogP contribution in [0.15, 0.2) is 52.6 Å². The lowest BCUT2D eigenvalue weighted by atomic mass is 9.97. The van der Waals surface area contributed by atoms with E-state index in [9.17, 15) is 0 Å². The maximum Gasteiger partial charge on any atom is 0.0919 e. The molecule has 0 aromatic heterocycles. The van der Waals surface area contributed by atoms with Crippen molar-refractivity contribution in [3.63, 3.8) is 0 Å². The van der Waals surface area contributed by atoms with E-state index in [2.05, 4.69) is 58.3 Å². The van der Waals surface area contributed by atoms with Gasteiger partial charge in [0.05, 0.1) is 6.04 Å². The molecule has 0 heterocycles. The largest absolute Gasteiger partial charge is 0.282 e. The Bertz CT molecular complexity index is 569. The van der Waals surface area contributed by atoms with Crippen LogP contribution in [0.3, 0.4) is 0 Å². The van der Waals surface area contributed by atoms with Crippen LogP contribution in [0.25, 0.3) is 0 Å². The normalized spacial score (nSPS) is 18.6. The molecular formula is C21H29N. The first-order chi connectivity index (χ1) is 10.6. The maximum absolute atomic E-state index is 5.02. The fraction of sp³-hybridized carbons (Fsp3) is 0.476. The molecule has 0 N–H and O–H groups in total. The summed E-state index contributed by atoms with van der Waals surface area (Å²) in [6, 6.07) is 0.160. The van der Waals surface area contributed by atoms with Crippen molar-refractivity contribution in [2.24, 2.45) is 10.9 Å². The van der Waals surface area contributed by atoms with Crippen LogP contribution in [0.4, 0.5) is 0 Å². The van der Waals surface area contributed by atoms with Crippen LogP contribution in [-0.2, 0) is 0 Å². The summed E-state index contributed by atoms with van der Waals surface area (Å²) in [5.74, 6) is 6.68. The van der Waals surface area contributed by atoms with E-state index in [0.29, 0.717) is 0 Å². The lowest BCUT2D eigenvalue weighted by molar-refractivity contribution is 0.826. The fourth-order valence-corrected chi connectivity index (χ4v) is 2.46. The van der Waals surface area contributed by atoms with E-state index >= 15 is 0 Å². The summed E-state index contributed by atoms with van der Waals surface area (Å²) in [6.07, 6.45) is 11.8. The third kappa shape index (κ3) is 5.53. The van der Waals surface area contributed by atoms with Gasteiger partial charge < -0.3 is 0 Å². The van der Waals surface area contributed by atoms with Crippen LogP contribution >= 0.6 is 0 Å². The van der Waals surface area contributed by atoms with Crippen molar-refractivity contribution < 1.29 is 0 Å². The standard InChI is InChI=1S/C21H29N/c1-7-11-18(8-2)13-12-16(5)21(19(9-3)10-4)22-17(6)20-14-15-20/h8-9,12-13,20-21H,2,10,14-15H2,1,3-6H3/b16-12+,18-13+,19-9?,22-17?. The Morgan fingerprint density at radius 3 is 2.45 bits per heavy atom. The molecule has 1 atom stereocenters. The number of nitrogens with zero attached hydrogens (tertiary/aromatic N) is 1. The van der Waals surface area contributed by atoms with Crippen LogP contribution in [0.5, 0.6) is 0 Å². The first-order valence-corrected chi connectivity index (χ1v) is 8.20. The monoisotopic (exact) mass is 295 g/mol. The fourth-order valence-electron chi connectivity index (χ4n) is 2.46. The van der Waals surface area contributed by atoms with Crippen molar-refractivity contribution >= 4 is 5.71 Å². The zero-order valence-corrected chi connectivity index (χ0v) is 14.7. The number of rotatable bonds is 7. The molecule has 0 bridgehead atoms. The van der Waals surface area contributed by atoms with Gasteiger partial charge >= 0.3 is 0 Å². The predicted octanol–water partition coefficient (Wildman–Crippen LogP) is 5.66. The predicted molar refractivity (Wildman–Crippen MR) is 99.2 cm³/mol. The highest BCUT2D eigenvalue weighted by molar-refractivity contribution is 5.86. The molecule has 0 aliphatic heterocycles. The molecule has 1 nitrogen and oxygen atoms in total. The van der Waals surface area contributed by atoms with E-state index < -0.39 is 0 Å². The van der Waals surface area contributed by atoms with E-state index in [0.717, 1.165) is 17.9 Å². The molecule has 1 saturated carbocycles. The molecule has 1 heteroatoms. The van der Waals surface area contributed by atoms with Crippen molar-refractivity contribution in [1.29, 1.82) is 0 Å². The minimum Gasteiger partial charge on any atom is -0.282 e. The van der Waals surface area contributed by atoms with Crippen molar-refractivity contribution in [3.8, 4) is 11.8 Å². The maximum atomic E-state index is 5.02. The second-order valence-corrected chi connectivity index (χ2v) is 5.78.